The zero-order valence-electron chi connectivity index (χ0n) is 33.3. The maximum atomic E-state index is 2.51. The van der Waals surface area contributed by atoms with Crippen LogP contribution in [0.4, 0.5) is 34.1 Å². The lowest BCUT2D eigenvalue weighted by Crippen LogP contribution is -2.09. The van der Waals surface area contributed by atoms with Crippen molar-refractivity contribution in [1.82, 2.24) is 8.80 Å². The highest BCUT2D eigenvalue weighted by Crippen LogP contribution is 2.47. The molecule has 0 saturated carbocycles. The Hall–Kier alpha value is -7.82. The van der Waals surface area contributed by atoms with Crippen LogP contribution in [-0.4, -0.2) is 8.80 Å². The van der Waals surface area contributed by atoms with Crippen molar-refractivity contribution in [3.63, 3.8) is 0 Å². The number of anilines is 6. The molecule has 0 bridgehead atoms. The first-order chi connectivity index (χ1) is 29.6. The summed E-state index contributed by atoms with van der Waals surface area (Å²) in [5.74, 6) is 0. The summed E-state index contributed by atoms with van der Waals surface area (Å²) >= 11 is 0. The van der Waals surface area contributed by atoms with E-state index in [9.17, 15) is 0 Å². The van der Waals surface area contributed by atoms with Crippen molar-refractivity contribution in [3.05, 3.63) is 205 Å². The first-order valence-electron chi connectivity index (χ1n) is 20.8. The van der Waals surface area contributed by atoms with Crippen LogP contribution in [-0.2, 0) is 0 Å². The second-order valence-electron chi connectivity index (χ2n) is 16.4. The number of hydrogen-bond acceptors (Lipinski definition) is 2. The van der Waals surface area contributed by atoms with Crippen LogP contribution in [0.2, 0.25) is 0 Å². The molecule has 0 amide bonds. The van der Waals surface area contributed by atoms with Crippen molar-refractivity contribution in [1.29, 1.82) is 0 Å². The van der Waals surface area contributed by atoms with Gasteiger partial charge in [-0.3, -0.25) is 0 Å². The van der Waals surface area contributed by atoms with Crippen molar-refractivity contribution in [3.8, 4) is 0 Å². The molecule has 4 heterocycles. The van der Waals surface area contributed by atoms with Crippen LogP contribution in [0.1, 0.15) is 11.1 Å². The molecule has 4 nitrogen and oxygen atoms in total. The molecular weight excluding hydrogens is 729 g/mol. The minimum atomic E-state index is 1.14. The van der Waals surface area contributed by atoms with Gasteiger partial charge in [0.25, 0.3) is 0 Å². The lowest BCUT2D eigenvalue weighted by Gasteiger charge is -2.25. The summed E-state index contributed by atoms with van der Waals surface area (Å²) in [6.45, 7) is 4.28. The molecule has 0 radical (unpaired) electrons. The third-order valence-corrected chi connectivity index (χ3v) is 12.8. The molecule has 4 aromatic heterocycles. The first kappa shape index (κ1) is 33.2. The Morgan fingerprint density at radius 2 is 0.600 bits per heavy atom. The monoisotopic (exact) mass is 766 g/mol. The molecule has 0 aliphatic rings. The summed E-state index contributed by atoms with van der Waals surface area (Å²) in [5, 5.41) is 10.2. The molecule has 0 atom stereocenters. The van der Waals surface area contributed by atoms with E-state index in [1.165, 1.54) is 87.3 Å². The fourth-order valence-corrected chi connectivity index (χ4v) is 10.1. The average Bonchev–Trinajstić information content (AvgIpc) is 4.01. The van der Waals surface area contributed by atoms with Crippen molar-refractivity contribution < 1.29 is 0 Å². The van der Waals surface area contributed by atoms with Gasteiger partial charge in [0.1, 0.15) is 0 Å². The van der Waals surface area contributed by atoms with Crippen LogP contribution in [0.15, 0.2) is 194 Å². The lowest BCUT2D eigenvalue weighted by molar-refractivity contribution is 1.28. The predicted molar refractivity (Wildman–Crippen MR) is 255 cm³/mol. The molecule has 13 rings (SSSR count). The number of para-hydroxylation sites is 4. The van der Waals surface area contributed by atoms with Gasteiger partial charge in [-0.1, -0.05) is 108 Å². The van der Waals surface area contributed by atoms with Gasteiger partial charge in [0.15, 0.2) is 0 Å². The molecule has 0 aliphatic heterocycles. The maximum absolute atomic E-state index is 2.51. The van der Waals surface area contributed by atoms with Gasteiger partial charge < -0.3 is 18.6 Å². The van der Waals surface area contributed by atoms with Crippen molar-refractivity contribution in [2.24, 2.45) is 0 Å². The summed E-state index contributed by atoms with van der Waals surface area (Å²) in [6, 6.07) is 71.6. The minimum absolute atomic E-state index is 1.14. The Morgan fingerprint density at radius 1 is 0.267 bits per heavy atom. The van der Waals surface area contributed by atoms with Crippen molar-refractivity contribution in [2.45, 2.75) is 13.8 Å². The lowest BCUT2D eigenvalue weighted by atomic mass is 10.0. The SMILES string of the molecule is Cc1ccc(N(c2ccccc2)c2ccc3c(c2)c2cccc4c5cc6c(cc5n3c24)c2cccc3c4cc(N(c5ccccc5)c5ccc(C)cc5)ccc4n6c32)cc1. The summed E-state index contributed by atoms with van der Waals surface area (Å²) in [7, 11) is 0. The van der Waals surface area contributed by atoms with Gasteiger partial charge in [0.05, 0.1) is 33.1 Å². The van der Waals surface area contributed by atoms with Crippen LogP contribution in [0.3, 0.4) is 0 Å². The molecule has 0 fully saturated rings. The highest BCUT2D eigenvalue weighted by Gasteiger charge is 2.24. The van der Waals surface area contributed by atoms with E-state index in [2.05, 4.69) is 227 Å². The van der Waals surface area contributed by atoms with E-state index < -0.39 is 0 Å². The fraction of sp³-hybridized carbons (Fsp3) is 0.0357. The van der Waals surface area contributed by atoms with E-state index in [0.717, 1.165) is 34.1 Å². The molecule has 282 valence electrons. The first-order valence-corrected chi connectivity index (χ1v) is 20.8. The Bertz CT molecular complexity index is 3520. The molecule has 4 heteroatoms. The van der Waals surface area contributed by atoms with Gasteiger partial charge in [0.2, 0.25) is 0 Å². The van der Waals surface area contributed by atoms with E-state index in [-0.39, 0.29) is 0 Å². The number of nitrogens with zero attached hydrogens (tertiary/aromatic N) is 4. The van der Waals surface area contributed by atoms with Gasteiger partial charge >= 0.3 is 0 Å². The number of hydrogen-bond donors (Lipinski definition) is 0. The second-order valence-corrected chi connectivity index (χ2v) is 16.4. The summed E-state index contributed by atoms with van der Waals surface area (Å²) in [5.41, 5.74) is 16.8. The summed E-state index contributed by atoms with van der Waals surface area (Å²) in [6.07, 6.45) is 0. The highest BCUT2D eigenvalue weighted by molar-refractivity contribution is 6.29. The average molecular weight is 767 g/mol. The van der Waals surface area contributed by atoms with E-state index in [1.54, 1.807) is 0 Å². The highest BCUT2D eigenvalue weighted by atomic mass is 15.1. The predicted octanol–water partition coefficient (Wildman–Crippen LogP) is 15.5. The molecule has 9 aromatic carbocycles. The quantitative estimate of drug-likeness (QED) is 0.167. The van der Waals surface area contributed by atoms with Crippen molar-refractivity contribution in [2.75, 3.05) is 9.80 Å². The van der Waals surface area contributed by atoms with Crippen LogP contribution in [0.25, 0.3) is 76.2 Å². The second kappa shape index (κ2) is 12.3. The molecule has 60 heavy (non-hydrogen) atoms. The standard InChI is InChI=1S/C56H38N4/c1-35-19-23-39(24-20-35)57(37-11-5-3-6-12-37)41-27-29-51-47(31-41)43-15-9-17-45-49-34-54-50(33-53(49)59(51)55(43)45)46-18-10-16-44-48-32-42(28-30-52(48)60(54)56(44)46)58(38-13-7-4-8-14-38)40-25-21-36(2)22-26-40/h3-34H,1-2H3. The number of aryl methyl sites for hydroxylation is 2. The fourth-order valence-electron chi connectivity index (χ4n) is 10.1. The third kappa shape index (κ3) is 4.61. The molecule has 0 saturated heterocycles. The topological polar surface area (TPSA) is 15.3 Å². The van der Waals surface area contributed by atoms with E-state index >= 15 is 0 Å². The van der Waals surface area contributed by atoms with Gasteiger partial charge in [-0.2, -0.15) is 0 Å². The zero-order valence-corrected chi connectivity index (χ0v) is 33.3. The third-order valence-electron chi connectivity index (χ3n) is 12.8. The van der Waals surface area contributed by atoms with Gasteiger partial charge in [-0.05, 0) is 111 Å². The number of fused-ring (bicyclic) bond motifs is 12. The zero-order chi connectivity index (χ0) is 39.6. The Labute approximate surface area is 346 Å². The number of rotatable bonds is 6. The Morgan fingerprint density at radius 3 is 0.983 bits per heavy atom. The Balaban J connectivity index is 1.02. The van der Waals surface area contributed by atoms with E-state index in [0.29, 0.717) is 0 Å². The smallest absolute Gasteiger partial charge is 0.0620 e. The summed E-state index contributed by atoms with van der Waals surface area (Å²) < 4.78 is 5.03. The largest absolute Gasteiger partial charge is 0.310 e. The van der Waals surface area contributed by atoms with Crippen LogP contribution < -0.4 is 9.80 Å². The van der Waals surface area contributed by atoms with Crippen LogP contribution in [0.5, 0.6) is 0 Å². The van der Waals surface area contributed by atoms with Crippen LogP contribution in [0, 0.1) is 13.8 Å². The molecule has 13 aromatic rings. The Kier molecular flexibility index (Phi) is 6.83. The van der Waals surface area contributed by atoms with E-state index in [1.807, 2.05) is 0 Å². The molecule has 0 spiro atoms. The van der Waals surface area contributed by atoms with E-state index in [4.69, 9.17) is 0 Å². The van der Waals surface area contributed by atoms with Crippen LogP contribution >= 0.6 is 0 Å². The summed E-state index contributed by atoms with van der Waals surface area (Å²) in [4.78, 5) is 4.73. The van der Waals surface area contributed by atoms with Gasteiger partial charge in [-0.25, -0.2) is 0 Å². The molecular formula is C56H38N4. The minimum Gasteiger partial charge on any atom is -0.310 e. The normalized spacial score (nSPS) is 12.2. The maximum Gasteiger partial charge on any atom is 0.0620 e. The van der Waals surface area contributed by atoms with Crippen molar-refractivity contribution >= 4 is 110 Å². The molecule has 0 N–H and O–H groups in total. The molecule has 0 unspecified atom stereocenters. The van der Waals surface area contributed by atoms with Gasteiger partial charge in [-0.15, -0.1) is 0 Å². The number of benzene rings is 9. The number of aromatic nitrogens is 2. The van der Waals surface area contributed by atoms with Gasteiger partial charge in [0, 0.05) is 77.2 Å². The molecule has 0 aliphatic carbocycles.